The maximum absolute atomic E-state index is 12.8. The Balaban J connectivity index is 2.37. The molecule has 0 bridgehead atoms. The SMILES string of the molecule is COC(C)(C)CNC(=O)C1CC(F)(F)CN1. The van der Waals surface area contributed by atoms with Crippen molar-refractivity contribution in [2.24, 2.45) is 0 Å². The number of methoxy groups -OCH3 is 1. The third-order valence-corrected chi connectivity index (χ3v) is 2.67. The van der Waals surface area contributed by atoms with Crippen LogP contribution >= 0.6 is 0 Å². The lowest BCUT2D eigenvalue weighted by Crippen LogP contribution is -2.46. The lowest BCUT2D eigenvalue weighted by molar-refractivity contribution is -0.124. The molecule has 1 aliphatic rings. The third kappa shape index (κ3) is 3.68. The van der Waals surface area contributed by atoms with E-state index in [1.54, 1.807) is 0 Å². The van der Waals surface area contributed by atoms with Gasteiger partial charge in [-0.25, -0.2) is 8.78 Å². The van der Waals surface area contributed by atoms with Crippen LogP contribution in [0.5, 0.6) is 0 Å². The van der Waals surface area contributed by atoms with Crippen molar-refractivity contribution >= 4 is 5.91 Å². The molecule has 1 rings (SSSR count). The predicted octanol–water partition coefficient (Wildman–Crippen LogP) is 0.525. The fraction of sp³-hybridized carbons (Fsp3) is 0.900. The number of hydrogen-bond acceptors (Lipinski definition) is 3. The molecule has 1 saturated heterocycles. The Hall–Kier alpha value is -0.750. The number of carbonyl (C=O) groups is 1. The molecule has 2 N–H and O–H groups in total. The zero-order chi connectivity index (χ0) is 12.4. The van der Waals surface area contributed by atoms with Gasteiger partial charge in [-0.2, -0.15) is 0 Å². The van der Waals surface area contributed by atoms with Gasteiger partial charge in [0, 0.05) is 20.1 Å². The first-order chi connectivity index (χ1) is 7.26. The molecule has 0 aromatic heterocycles. The third-order valence-electron chi connectivity index (χ3n) is 2.67. The average molecular weight is 236 g/mol. The van der Waals surface area contributed by atoms with E-state index in [1.807, 2.05) is 13.8 Å². The summed E-state index contributed by atoms with van der Waals surface area (Å²) in [6.07, 6.45) is -0.438. The number of carbonyl (C=O) groups excluding carboxylic acids is 1. The molecule has 6 heteroatoms. The van der Waals surface area contributed by atoms with Crippen molar-refractivity contribution in [1.82, 2.24) is 10.6 Å². The first kappa shape index (κ1) is 13.3. The Morgan fingerprint density at radius 2 is 2.25 bits per heavy atom. The van der Waals surface area contributed by atoms with Crippen molar-refractivity contribution in [2.45, 2.75) is 37.8 Å². The zero-order valence-electron chi connectivity index (χ0n) is 9.77. The van der Waals surface area contributed by atoms with Gasteiger partial charge in [0.2, 0.25) is 5.91 Å². The van der Waals surface area contributed by atoms with Crippen LogP contribution in [0.1, 0.15) is 20.3 Å². The fourth-order valence-corrected chi connectivity index (χ4v) is 1.40. The van der Waals surface area contributed by atoms with Crippen LogP contribution < -0.4 is 10.6 Å². The van der Waals surface area contributed by atoms with Gasteiger partial charge in [0.25, 0.3) is 5.92 Å². The second kappa shape index (κ2) is 4.63. The van der Waals surface area contributed by atoms with E-state index in [-0.39, 0.29) is 0 Å². The van der Waals surface area contributed by atoms with Crippen LogP contribution in [0.4, 0.5) is 8.78 Å². The summed E-state index contributed by atoms with van der Waals surface area (Å²) in [5.74, 6) is -3.18. The Bertz CT molecular complexity index is 270. The van der Waals surface area contributed by atoms with E-state index in [2.05, 4.69) is 10.6 Å². The molecule has 1 unspecified atom stereocenters. The quantitative estimate of drug-likeness (QED) is 0.748. The molecule has 1 atom stereocenters. The Morgan fingerprint density at radius 1 is 1.62 bits per heavy atom. The molecular formula is C10H18F2N2O2. The van der Waals surface area contributed by atoms with E-state index in [4.69, 9.17) is 4.74 Å². The number of halogens is 2. The fourth-order valence-electron chi connectivity index (χ4n) is 1.40. The summed E-state index contributed by atoms with van der Waals surface area (Å²) in [5.41, 5.74) is -0.489. The van der Waals surface area contributed by atoms with Gasteiger partial charge >= 0.3 is 0 Å². The molecule has 94 valence electrons. The molecule has 0 spiro atoms. The number of nitrogens with one attached hydrogen (secondary N) is 2. The van der Waals surface area contributed by atoms with Crippen molar-refractivity contribution in [3.05, 3.63) is 0 Å². The van der Waals surface area contributed by atoms with Crippen molar-refractivity contribution < 1.29 is 18.3 Å². The summed E-state index contributed by atoms with van der Waals surface area (Å²) in [7, 11) is 1.54. The van der Waals surface area contributed by atoms with Crippen LogP contribution in [-0.4, -0.2) is 43.7 Å². The molecule has 4 nitrogen and oxygen atoms in total. The summed E-state index contributed by atoms with van der Waals surface area (Å²) >= 11 is 0. The minimum Gasteiger partial charge on any atom is -0.377 e. The second-order valence-electron chi connectivity index (χ2n) is 4.68. The van der Waals surface area contributed by atoms with Gasteiger partial charge in [-0.1, -0.05) is 0 Å². The lowest BCUT2D eigenvalue weighted by Gasteiger charge is -2.24. The molecule has 16 heavy (non-hydrogen) atoms. The first-order valence-electron chi connectivity index (χ1n) is 5.20. The molecule has 0 aromatic carbocycles. The van der Waals surface area contributed by atoms with Gasteiger partial charge < -0.3 is 10.1 Å². The van der Waals surface area contributed by atoms with E-state index in [0.717, 1.165) is 0 Å². The Labute approximate surface area is 93.7 Å². The van der Waals surface area contributed by atoms with E-state index in [1.165, 1.54) is 7.11 Å². The van der Waals surface area contributed by atoms with Gasteiger partial charge in [0.15, 0.2) is 0 Å². The van der Waals surface area contributed by atoms with Crippen molar-refractivity contribution in [2.75, 3.05) is 20.2 Å². The maximum Gasteiger partial charge on any atom is 0.262 e. The van der Waals surface area contributed by atoms with Crippen LogP contribution in [0.3, 0.4) is 0 Å². The summed E-state index contributed by atoms with van der Waals surface area (Å²) in [6.45, 7) is 3.48. The highest BCUT2D eigenvalue weighted by atomic mass is 19.3. The van der Waals surface area contributed by atoms with E-state index in [9.17, 15) is 13.6 Å². The number of alkyl halides is 2. The monoisotopic (exact) mass is 236 g/mol. The molecule has 1 heterocycles. The highest BCUT2D eigenvalue weighted by Gasteiger charge is 2.42. The van der Waals surface area contributed by atoms with Crippen LogP contribution in [0.2, 0.25) is 0 Å². The average Bonchev–Trinajstić information content (AvgIpc) is 2.55. The molecule has 1 aliphatic heterocycles. The van der Waals surface area contributed by atoms with Gasteiger partial charge in [0.05, 0.1) is 18.2 Å². The van der Waals surface area contributed by atoms with Crippen LogP contribution in [0, 0.1) is 0 Å². The van der Waals surface area contributed by atoms with Crippen LogP contribution in [0.15, 0.2) is 0 Å². The smallest absolute Gasteiger partial charge is 0.262 e. The molecule has 1 amide bonds. The molecule has 0 radical (unpaired) electrons. The van der Waals surface area contributed by atoms with Gasteiger partial charge in [-0.05, 0) is 13.8 Å². The largest absolute Gasteiger partial charge is 0.377 e. The Kier molecular flexibility index (Phi) is 3.85. The molecule has 0 aromatic rings. The van der Waals surface area contributed by atoms with Crippen molar-refractivity contribution in [3.8, 4) is 0 Å². The molecular weight excluding hydrogens is 218 g/mol. The minimum absolute atomic E-state index is 0.298. The second-order valence-corrected chi connectivity index (χ2v) is 4.68. The highest BCUT2D eigenvalue weighted by Crippen LogP contribution is 2.25. The standard InChI is InChI=1S/C10H18F2N2O2/c1-9(2,16-3)5-14-8(15)7-4-10(11,12)6-13-7/h7,13H,4-6H2,1-3H3,(H,14,15). The van der Waals surface area contributed by atoms with E-state index >= 15 is 0 Å². The van der Waals surface area contributed by atoms with Gasteiger partial charge in [0.1, 0.15) is 0 Å². The lowest BCUT2D eigenvalue weighted by atomic mass is 10.1. The predicted molar refractivity (Wildman–Crippen MR) is 55.5 cm³/mol. The van der Waals surface area contributed by atoms with Crippen molar-refractivity contribution in [1.29, 1.82) is 0 Å². The minimum atomic E-state index is -2.78. The van der Waals surface area contributed by atoms with Crippen LogP contribution in [-0.2, 0) is 9.53 Å². The number of ether oxygens (including phenoxy) is 1. The normalized spacial score (nSPS) is 24.4. The molecule has 0 saturated carbocycles. The van der Waals surface area contributed by atoms with E-state index in [0.29, 0.717) is 6.54 Å². The summed E-state index contributed by atoms with van der Waals surface area (Å²) < 4.78 is 30.8. The molecule has 1 fully saturated rings. The Morgan fingerprint density at radius 3 is 2.69 bits per heavy atom. The van der Waals surface area contributed by atoms with E-state index < -0.39 is 36.4 Å². The first-order valence-corrected chi connectivity index (χ1v) is 5.20. The maximum atomic E-state index is 12.8. The summed E-state index contributed by atoms with van der Waals surface area (Å²) in [6, 6.07) is -0.803. The van der Waals surface area contributed by atoms with Gasteiger partial charge in [-0.15, -0.1) is 0 Å². The topological polar surface area (TPSA) is 50.4 Å². The molecule has 0 aliphatic carbocycles. The number of rotatable bonds is 4. The summed E-state index contributed by atoms with van der Waals surface area (Å²) in [5, 5.41) is 5.09. The number of hydrogen-bond donors (Lipinski definition) is 2. The van der Waals surface area contributed by atoms with Gasteiger partial charge in [-0.3, -0.25) is 10.1 Å². The zero-order valence-corrected chi connectivity index (χ0v) is 9.77. The van der Waals surface area contributed by atoms with Crippen LogP contribution in [0.25, 0.3) is 0 Å². The van der Waals surface area contributed by atoms with Crippen molar-refractivity contribution in [3.63, 3.8) is 0 Å². The highest BCUT2D eigenvalue weighted by molar-refractivity contribution is 5.82. The number of amides is 1. The summed E-state index contributed by atoms with van der Waals surface area (Å²) in [4.78, 5) is 11.5.